The third-order valence-electron chi connectivity index (χ3n) is 3.42. The average Bonchev–Trinajstić information content (AvgIpc) is 3.08. The Hall–Kier alpha value is -1.20. The highest BCUT2D eigenvalue weighted by Gasteiger charge is 2.18. The Morgan fingerprint density at radius 2 is 2.32 bits per heavy atom. The number of aromatic nitrogens is 2. The number of hydrogen-bond donors (Lipinski definition) is 1. The highest BCUT2D eigenvalue weighted by molar-refractivity contribution is 7.15. The summed E-state index contributed by atoms with van der Waals surface area (Å²) in [5.74, 6) is 1.44. The van der Waals surface area contributed by atoms with Crippen LogP contribution in [0.2, 0.25) is 0 Å². The highest BCUT2D eigenvalue weighted by Crippen LogP contribution is 2.35. The molecule has 0 saturated heterocycles. The molecule has 0 aliphatic heterocycles. The fraction of sp³-hybridized carbons (Fsp3) is 0.571. The molecule has 0 fully saturated rings. The van der Waals surface area contributed by atoms with Gasteiger partial charge in [-0.3, -0.25) is 0 Å². The third-order valence-corrected chi connectivity index (χ3v) is 4.64. The first-order valence-electron chi connectivity index (χ1n) is 7.02. The van der Waals surface area contributed by atoms with Crippen LogP contribution < -0.4 is 5.32 Å². The zero-order chi connectivity index (χ0) is 13.1. The lowest BCUT2D eigenvalue weighted by Gasteiger charge is -1.97. The number of hydrogen-bond acceptors (Lipinski definition) is 5. The van der Waals surface area contributed by atoms with Crippen molar-refractivity contribution in [1.29, 1.82) is 0 Å². The van der Waals surface area contributed by atoms with Crippen LogP contribution in [0.25, 0.3) is 10.8 Å². The van der Waals surface area contributed by atoms with E-state index in [9.17, 15) is 0 Å². The molecular weight excluding hydrogens is 258 g/mol. The van der Waals surface area contributed by atoms with E-state index in [0.29, 0.717) is 5.89 Å². The predicted octanol–water partition coefficient (Wildman–Crippen LogP) is 2.83. The smallest absolute Gasteiger partial charge is 0.257 e. The summed E-state index contributed by atoms with van der Waals surface area (Å²) in [5.41, 5.74) is 1.48. The minimum absolute atomic E-state index is 0.692. The van der Waals surface area contributed by atoms with Crippen molar-refractivity contribution in [3.63, 3.8) is 0 Å². The second-order valence-corrected chi connectivity index (χ2v) is 6.01. The van der Waals surface area contributed by atoms with Gasteiger partial charge >= 0.3 is 0 Å². The summed E-state index contributed by atoms with van der Waals surface area (Å²) in [6, 6.07) is 2.23. The number of thiophene rings is 1. The first kappa shape index (κ1) is 12.8. The monoisotopic (exact) mass is 277 g/mol. The maximum atomic E-state index is 5.75. The van der Waals surface area contributed by atoms with Gasteiger partial charge in [0.05, 0.1) is 4.88 Å². The number of fused-ring (bicyclic) bond motifs is 1. The lowest BCUT2D eigenvalue weighted by molar-refractivity contribution is 0.493. The molecule has 1 aliphatic carbocycles. The van der Waals surface area contributed by atoms with Crippen LogP contribution >= 0.6 is 11.3 Å². The van der Waals surface area contributed by atoms with E-state index in [1.54, 1.807) is 0 Å². The van der Waals surface area contributed by atoms with Crippen molar-refractivity contribution in [3.05, 3.63) is 22.4 Å². The maximum Gasteiger partial charge on any atom is 0.257 e. The summed E-state index contributed by atoms with van der Waals surface area (Å²) >= 11 is 1.81. The van der Waals surface area contributed by atoms with Gasteiger partial charge in [-0.15, -0.1) is 21.5 Å². The van der Waals surface area contributed by atoms with E-state index in [1.165, 1.54) is 29.7 Å². The molecule has 0 radical (unpaired) electrons. The number of aryl methyl sites for hydroxylation is 3. The number of nitrogens with zero attached hydrogens (tertiary/aromatic N) is 2. The van der Waals surface area contributed by atoms with Crippen molar-refractivity contribution in [3.8, 4) is 10.8 Å². The van der Waals surface area contributed by atoms with Crippen LogP contribution in [0.1, 0.15) is 36.1 Å². The van der Waals surface area contributed by atoms with Crippen LogP contribution in [0.5, 0.6) is 0 Å². The van der Waals surface area contributed by atoms with Crippen LogP contribution in [-0.4, -0.2) is 23.3 Å². The molecule has 1 N–H and O–H groups in total. The van der Waals surface area contributed by atoms with Crippen molar-refractivity contribution in [1.82, 2.24) is 15.5 Å². The summed E-state index contributed by atoms with van der Waals surface area (Å²) in [5, 5.41) is 11.6. The quantitative estimate of drug-likeness (QED) is 0.825. The lowest BCUT2D eigenvalue weighted by atomic mass is 10.2. The van der Waals surface area contributed by atoms with Crippen molar-refractivity contribution in [2.45, 2.75) is 39.0 Å². The molecule has 0 unspecified atom stereocenters. The van der Waals surface area contributed by atoms with E-state index in [-0.39, 0.29) is 0 Å². The number of rotatable bonds is 6. The van der Waals surface area contributed by atoms with E-state index < -0.39 is 0 Å². The van der Waals surface area contributed by atoms with Gasteiger partial charge in [0.2, 0.25) is 5.89 Å². The van der Waals surface area contributed by atoms with Gasteiger partial charge in [0.25, 0.3) is 5.89 Å². The first-order valence-corrected chi connectivity index (χ1v) is 7.83. The molecule has 3 rings (SSSR count). The van der Waals surface area contributed by atoms with Gasteiger partial charge < -0.3 is 9.73 Å². The topological polar surface area (TPSA) is 51.0 Å². The molecule has 2 heterocycles. The normalized spacial score (nSPS) is 13.9. The Balaban J connectivity index is 1.63. The van der Waals surface area contributed by atoms with E-state index >= 15 is 0 Å². The molecule has 19 heavy (non-hydrogen) atoms. The third kappa shape index (κ3) is 2.87. The standard InChI is InChI=1S/C14H19N3OS/c1-2-15-8-4-7-13-16-17-14(18-13)12-9-10-5-3-6-11(10)19-12/h9,15H,2-8H2,1H3. The Labute approximate surface area is 117 Å². The molecule has 2 aromatic heterocycles. The Morgan fingerprint density at radius 3 is 3.16 bits per heavy atom. The molecule has 0 saturated carbocycles. The van der Waals surface area contributed by atoms with Crippen molar-refractivity contribution in [2.75, 3.05) is 13.1 Å². The molecule has 4 nitrogen and oxygen atoms in total. The van der Waals surface area contributed by atoms with Crippen LogP contribution in [-0.2, 0) is 19.3 Å². The van der Waals surface area contributed by atoms with Crippen molar-refractivity contribution in [2.24, 2.45) is 0 Å². The van der Waals surface area contributed by atoms with Gasteiger partial charge in [-0.2, -0.15) is 0 Å². The van der Waals surface area contributed by atoms with Gasteiger partial charge in [0, 0.05) is 11.3 Å². The molecule has 0 atom stereocenters. The van der Waals surface area contributed by atoms with E-state index in [0.717, 1.165) is 36.7 Å². The predicted molar refractivity (Wildman–Crippen MR) is 76.5 cm³/mol. The zero-order valence-corrected chi connectivity index (χ0v) is 12.1. The molecule has 0 bridgehead atoms. The lowest BCUT2D eigenvalue weighted by Crippen LogP contribution is -2.14. The summed E-state index contributed by atoms with van der Waals surface area (Å²) in [4.78, 5) is 2.64. The molecule has 2 aromatic rings. The first-order chi connectivity index (χ1) is 9.36. The average molecular weight is 277 g/mol. The summed E-state index contributed by atoms with van der Waals surface area (Å²) in [6.45, 7) is 4.12. The van der Waals surface area contributed by atoms with Crippen LogP contribution in [0.3, 0.4) is 0 Å². The minimum atomic E-state index is 0.692. The Kier molecular flexibility index (Phi) is 3.94. The largest absolute Gasteiger partial charge is 0.420 e. The molecule has 1 aliphatic rings. The van der Waals surface area contributed by atoms with E-state index in [2.05, 4.69) is 28.5 Å². The van der Waals surface area contributed by atoms with Gasteiger partial charge in [-0.25, -0.2) is 0 Å². The highest BCUT2D eigenvalue weighted by atomic mass is 32.1. The van der Waals surface area contributed by atoms with Crippen LogP contribution in [0.4, 0.5) is 0 Å². The fourth-order valence-corrected chi connectivity index (χ4v) is 3.60. The minimum Gasteiger partial charge on any atom is -0.420 e. The SMILES string of the molecule is CCNCCCc1nnc(-c2cc3c(s2)CCC3)o1. The summed E-state index contributed by atoms with van der Waals surface area (Å²) in [7, 11) is 0. The van der Waals surface area contributed by atoms with E-state index in [1.807, 2.05) is 11.3 Å². The maximum absolute atomic E-state index is 5.75. The summed E-state index contributed by atoms with van der Waals surface area (Å²) < 4.78 is 5.75. The fourth-order valence-electron chi connectivity index (χ4n) is 2.43. The Bertz CT molecular complexity index is 525. The molecule has 102 valence electrons. The number of nitrogens with one attached hydrogen (secondary N) is 1. The van der Waals surface area contributed by atoms with Crippen molar-refractivity contribution < 1.29 is 4.42 Å². The second kappa shape index (κ2) is 5.84. The zero-order valence-electron chi connectivity index (χ0n) is 11.2. The van der Waals surface area contributed by atoms with Gasteiger partial charge in [0.1, 0.15) is 0 Å². The molecule has 0 spiro atoms. The van der Waals surface area contributed by atoms with E-state index in [4.69, 9.17) is 4.42 Å². The second-order valence-electron chi connectivity index (χ2n) is 4.87. The van der Waals surface area contributed by atoms with Crippen LogP contribution in [0.15, 0.2) is 10.5 Å². The molecular formula is C14H19N3OS. The molecule has 0 amide bonds. The molecule has 5 heteroatoms. The van der Waals surface area contributed by atoms with Crippen LogP contribution in [0, 0.1) is 0 Å². The summed E-state index contributed by atoms with van der Waals surface area (Å²) in [6.07, 6.45) is 5.60. The molecule has 0 aromatic carbocycles. The van der Waals surface area contributed by atoms with Gasteiger partial charge in [0.15, 0.2) is 0 Å². The Morgan fingerprint density at radius 1 is 1.37 bits per heavy atom. The van der Waals surface area contributed by atoms with Gasteiger partial charge in [-0.05, 0) is 50.4 Å². The van der Waals surface area contributed by atoms with Crippen molar-refractivity contribution >= 4 is 11.3 Å². The van der Waals surface area contributed by atoms with Gasteiger partial charge in [-0.1, -0.05) is 6.92 Å².